The number of anilines is 1. The van der Waals surface area contributed by atoms with Gasteiger partial charge in [0.25, 0.3) is 5.91 Å². The zero-order valence-electron chi connectivity index (χ0n) is 16.9. The predicted octanol–water partition coefficient (Wildman–Crippen LogP) is 2.05. The number of carboxylic acid groups (broad SMARTS) is 1. The predicted molar refractivity (Wildman–Crippen MR) is 113 cm³/mol. The molecule has 0 unspecified atom stereocenters. The first-order valence-electron chi connectivity index (χ1n) is 9.96. The number of ether oxygens (including phenoxy) is 2. The van der Waals surface area contributed by atoms with Gasteiger partial charge in [0.05, 0.1) is 5.69 Å². The minimum atomic E-state index is -1.09. The van der Waals surface area contributed by atoms with Crippen LogP contribution in [0.1, 0.15) is 24.0 Å². The van der Waals surface area contributed by atoms with E-state index in [0.717, 1.165) is 5.56 Å². The van der Waals surface area contributed by atoms with Gasteiger partial charge >= 0.3 is 12.1 Å². The smallest absolute Gasteiger partial charge is 0.407 e. The van der Waals surface area contributed by atoms with Gasteiger partial charge in [-0.1, -0.05) is 36.4 Å². The van der Waals surface area contributed by atoms with Crippen molar-refractivity contribution in [3.05, 3.63) is 59.7 Å². The third-order valence-electron chi connectivity index (χ3n) is 4.76. The van der Waals surface area contributed by atoms with Crippen molar-refractivity contribution in [1.29, 1.82) is 0 Å². The molecule has 5 N–H and O–H groups in total. The fourth-order valence-electron chi connectivity index (χ4n) is 3.11. The van der Waals surface area contributed by atoms with E-state index >= 15 is 0 Å². The number of carboxylic acids is 1. The Kier molecular flexibility index (Phi) is 7.45. The summed E-state index contributed by atoms with van der Waals surface area (Å²) in [6, 6.07) is 13.4. The van der Waals surface area contributed by atoms with E-state index in [1.165, 1.54) is 0 Å². The average Bonchev–Trinajstić information content (AvgIpc) is 2.76. The minimum Gasteiger partial charge on any atom is -0.480 e. The molecule has 9 heteroatoms. The molecule has 0 fully saturated rings. The molecule has 0 saturated carbocycles. The molecule has 164 valence electrons. The van der Waals surface area contributed by atoms with Gasteiger partial charge in [-0.05, 0) is 42.5 Å². The van der Waals surface area contributed by atoms with Gasteiger partial charge in [0.1, 0.15) is 18.4 Å². The number of hydrogen-bond donors (Lipinski definition) is 4. The molecule has 2 amide bonds. The molecule has 0 aliphatic carbocycles. The summed E-state index contributed by atoms with van der Waals surface area (Å²) in [7, 11) is 0. The lowest BCUT2D eigenvalue weighted by molar-refractivity contribution is -0.138. The largest absolute Gasteiger partial charge is 0.480 e. The molecule has 0 aromatic heterocycles. The van der Waals surface area contributed by atoms with E-state index in [-0.39, 0.29) is 18.9 Å². The number of carbonyl (C=O) groups is 3. The Bertz CT molecular complexity index is 934. The molecule has 0 bridgehead atoms. The summed E-state index contributed by atoms with van der Waals surface area (Å²) in [5.41, 5.74) is 7.63. The molecule has 3 rings (SSSR count). The molecule has 2 atom stereocenters. The number of benzene rings is 2. The third kappa shape index (κ3) is 6.45. The van der Waals surface area contributed by atoms with Gasteiger partial charge in [0.2, 0.25) is 0 Å². The summed E-state index contributed by atoms with van der Waals surface area (Å²) in [5, 5.41) is 14.4. The van der Waals surface area contributed by atoms with Gasteiger partial charge in [0.15, 0.2) is 6.10 Å². The molecular weight excluding hydrogens is 402 g/mol. The van der Waals surface area contributed by atoms with Crippen LogP contribution in [0.25, 0.3) is 0 Å². The van der Waals surface area contributed by atoms with Gasteiger partial charge in [-0.3, -0.25) is 9.59 Å². The number of hydrogen-bond acceptors (Lipinski definition) is 6. The van der Waals surface area contributed by atoms with Crippen molar-refractivity contribution in [3.8, 4) is 5.75 Å². The minimum absolute atomic E-state index is 0.147. The number of amides is 2. The standard InChI is InChI=1S/C22H25N3O6/c23-16(21(27)28)11-15-8-9-18-17(12-15)25-20(26)19(31-18)7-4-10-24-22(29)30-13-14-5-2-1-3-6-14/h1-3,5-6,8-9,12,16,19H,4,7,10-11,13,23H2,(H,24,29)(H,25,26)(H,27,28)/t16-,19+/m0/s1. The van der Waals surface area contributed by atoms with E-state index in [2.05, 4.69) is 10.6 Å². The molecule has 2 aromatic carbocycles. The van der Waals surface area contributed by atoms with Crippen molar-refractivity contribution in [2.24, 2.45) is 5.73 Å². The van der Waals surface area contributed by atoms with Crippen molar-refractivity contribution in [3.63, 3.8) is 0 Å². The summed E-state index contributed by atoms with van der Waals surface area (Å²) < 4.78 is 10.9. The fourth-order valence-corrected chi connectivity index (χ4v) is 3.11. The van der Waals surface area contributed by atoms with Gasteiger partial charge in [-0.25, -0.2) is 4.79 Å². The van der Waals surface area contributed by atoms with Crippen molar-refractivity contribution in [2.45, 2.75) is 38.0 Å². The normalized spacial score (nSPS) is 15.8. The average molecular weight is 427 g/mol. The van der Waals surface area contributed by atoms with Gasteiger partial charge in [-0.15, -0.1) is 0 Å². The highest BCUT2D eigenvalue weighted by Crippen LogP contribution is 2.31. The second-order valence-electron chi connectivity index (χ2n) is 7.21. The highest BCUT2D eigenvalue weighted by Gasteiger charge is 2.27. The Morgan fingerprint density at radius 1 is 1.19 bits per heavy atom. The highest BCUT2D eigenvalue weighted by molar-refractivity contribution is 5.97. The maximum absolute atomic E-state index is 12.3. The first-order chi connectivity index (χ1) is 14.9. The number of nitrogens with one attached hydrogen (secondary N) is 2. The molecule has 0 saturated heterocycles. The zero-order valence-corrected chi connectivity index (χ0v) is 16.9. The Balaban J connectivity index is 1.41. The summed E-state index contributed by atoms with van der Waals surface area (Å²) in [5.74, 6) is -0.873. The third-order valence-corrected chi connectivity index (χ3v) is 4.76. The summed E-state index contributed by atoms with van der Waals surface area (Å²) >= 11 is 0. The van der Waals surface area contributed by atoms with Crippen LogP contribution in [0.3, 0.4) is 0 Å². The summed E-state index contributed by atoms with van der Waals surface area (Å²) in [6.45, 7) is 0.538. The van der Waals surface area contributed by atoms with Crippen LogP contribution < -0.4 is 21.1 Å². The van der Waals surface area contributed by atoms with Crippen LogP contribution in [0.2, 0.25) is 0 Å². The molecule has 2 aromatic rings. The first-order valence-corrected chi connectivity index (χ1v) is 9.96. The highest BCUT2D eigenvalue weighted by atomic mass is 16.5. The topological polar surface area (TPSA) is 140 Å². The van der Waals surface area contributed by atoms with E-state index in [4.69, 9.17) is 20.3 Å². The number of rotatable bonds is 9. The SMILES string of the molecule is N[C@@H](Cc1ccc2c(c1)NC(=O)[C@@H](CCCNC(=O)OCc1ccccc1)O2)C(=O)O. The summed E-state index contributed by atoms with van der Waals surface area (Å²) in [6.07, 6.45) is -0.111. The molecule has 31 heavy (non-hydrogen) atoms. The van der Waals surface area contributed by atoms with Crippen LogP contribution in [0, 0.1) is 0 Å². The Labute approximate surface area is 179 Å². The molecular formula is C22H25N3O6. The second kappa shape index (κ2) is 10.4. The lowest BCUT2D eigenvalue weighted by atomic mass is 10.0. The van der Waals surface area contributed by atoms with Crippen molar-refractivity contribution in [2.75, 3.05) is 11.9 Å². The number of nitrogens with two attached hydrogens (primary N) is 1. The zero-order chi connectivity index (χ0) is 22.2. The van der Waals surface area contributed by atoms with Gasteiger partial charge in [0, 0.05) is 6.54 Å². The molecule has 0 radical (unpaired) electrons. The van der Waals surface area contributed by atoms with Crippen LogP contribution in [0.15, 0.2) is 48.5 Å². The van der Waals surface area contributed by atoms with E-state index in [9.17, 15) is 14.4 Å². The number of aliphatic carboxylic acids is 1. The van der Waals surface area contributed by atoms with E-state index in [1.807, 2.05) is 30.3 Å². The van der Waals surface area contributed by atoms with Gasteiger partial charge < -0.3 is 30.9 Å². The lowest BCUT2D eigenvalue weighted by Crippen LogP contribution is -2.38. The van der Waals surface area contributed by atoms with Crippen LogP contribution in [0.4, 0.5) is 10.5 Å². The quantitative estimate of drug-likeness (QED) is 0.449. The molecule has 9 nitrogen and oxygen atoms in total. The first kappa shape index (κ1) is 22.1. The second-order valence-corrected chi connectivity index (χ2v) is 7.21. The van der Waals surface area contributed by atoms with Crippen molar-refractivity contribution < 1.29 is 29.0 Å². The molecule has 1 heterocycles. The maximum Gasteiger partial charge on any atom is 0.407 e. The van der Waals surface area contributed by atoms with Crippen molar-refractivity contribution >= 4 is 23.7 Å². The van der Waals surface area contributed by atoms with Crippen LogP contribution in [-0.2, 0) is 27.4 Å². The number of fused-ring (bicyclic) bond motifs is 1. The number of alkyl carbamates (subject to hydrolysis) is 1. The number of carbonyl (C=O) groups excluding carboxylic acids is 2. The van der Waals surface area contributed by atoms with Crippen LogP contribution >= 0.6 is 0 Å². The van der Waals surface area contributed by atoms with Crippen LogP contribution in [0.5, 0.6) is 5.75 Å². The fraction of sp³-hybridized carbons (Fsp3) is 0.318. The molecule has 0 spiro atoms. The van der Waals surface area contributed by atoms with E-state index < -0.39 is 24.2 Å². The van der Waals surface area contributed by atoms with Crippen LogP contribution in [-0.4, -0.2) is 41.8 Å². The molecule has 1 aliphatic rings. The lowest BCUT2D eigenvalue weighted by Gasteiger charge is -2.26. The Hall–Kier alpha value is -3.59. The summed E-state index contributed by atoms with van der Waals surface area (Å²) in [4.78, 5) is 35.0. The van der Waals surface area contributed by atoms with E-state index in [0.29, 0.717) is 36.4 Å². The Morgan fingerprint density at radius 2 is 1.97 bits per heavy atom. The van der Waals surface area contributed by atoms with Crippen molar-refractivity contribution in [1.82, 2.24) is 5.32 Å². The monoisotopic (exact) mass is 427 g/mol. The maximum atomic E-state index is 12.3. The Morgan fingerprint density at radius 3 is 2.71 bits per heavy atom. The van der Waals surface area contributed by atoms with Gasteiger partial charge in [-0.2, -0.15) is 0 Å². The van der Waals surface area contributed by atoms with E-state index in [1.54, 1.807) is 18.2 Å². The molecule has 1 aliphatic heterocycles.